The fraction of sp³-hybridized carbons (Fsp3) is 0.385. The summed E-state index contributed by atoms with van der Waals surface area (Å²) < 4.78 is 6.61. The van der Waals surface area contributed by atoms with Crippen LogP contribution in [0.3, 0.4) is 0 Å². The maximum absolute atomic E-state index is 11.8. The zero-order valence-electron chi connectivity index (χ0n) is 12.0. The van der Waals surface area contributed by atoms with Gasteiger partial charge in [0.05, 0.1) is 18.8 Å². The molecule has 0 fully saturated rings. The minimum absolute atomic E-state index is 0.0675. The molecule has 0 aliphatic heterocycles. The lowest BCUT2D eigenvalue weighted by atomic mass is 10.3. The SMILES string of the molecule is CCOC(=O)c1nc(NCc2ccn(C)n2)sc1C(C)=O. The number of ketones is 1. The predicted molar refractivity (Wildman–Crippen MR) is 78.6 cm³/mol. The molecule has 0 saturated heterocycles. The van der Waals surface area contributed by atoms with Gasteiger partial charge in [0.15, 0.2) is 16.6 Å². The molecular weight excluding hydrogens is 292 g/mol. The molecule has 1 N–H and O–H groups in total. The number of hydrogen-bond acceptors (Lipinski definition) is 7. The maximum atomic E-state index is 11.8. The summed E-state index contributed by atoms with van der Waals surface area (Å²) in [6, 6.07) is 1.87. The molecule has 2 aromatic heterocycles. The number of carbonyl (C=O) groups excluding carboxylic acids is 2. The Hall–Kier alpha value is -2.22. The first kappa shape index (κ1) is 15.2. The third-order valence-corrected chi connectivity index (χ3v) is 3.72. The Morgan fingerprint density at radius 1 is 1.48 bits per heavy atom. The Bertz CT molecular complexity index is 662. The van der Waals surface area contributed by atoms with E-state index in [9.17, 15) is 9.59 Å². The molecule has 0 aromatic carbocycles. The van der Waals surface area contributed by atoms with Gasteiger partial charge in [0, 0.05) is 20.2 Å². The molecule has 0 amide bonds. The van der Waals surface area contributed by atoms with Gasteiger partial charge in [0.2, 0.25) is 0 Å². The van der Waals surface area contributed by atoms with Crippen LogP contribution in [0.5, 0.6) is 0 Å². The van der Waals surface area contributed by atoms with Crippen molar-refractivity contribution in [3.05, 3.63) is 28.5 Å². The summed E-state index contributed by atoms with van der Waals surface area (Å²) in [5, 5.41) is 7.78. The van der Waals surface area contributed by atoms with E-state index in [0.29, 0.717) is 16.6 Å². The Morgan fingerprint density at radius 3 is 2.81 bits per heavy atom. The zero-order chi connectivity index (χ0) is 15.4. The van der Waals surface area contributed by atoms with Gasteiger partial charge in [-0.25, -0.2) is 9.78 Å². The summed E-state index contributed by atoms with van der Waals surface area (Å²) in [7, 11) is 1.83. The van der Waals surface area contributed by atoms with Crippen LogP contribution in [0.2, 0.25) is 0 Å². The molecule has 2 heterocycles. The van der Waals surface area contributed by atoms with Crippen molar-refractivity contribution < 1.29 is 14.3 Å². The maximum Gasteiger partial charge on any atom is 0.358 e. The molecular formula is C13H16N4O3S. The van der Waals surface area contributed by atoms with Crippen molar-refractivity contribution in [3.8, 4) is 0 Å². The van der Waals surface area contributed by atoms with E-state index >= 15 is 0 Å². The number of anilines is 1. The Balaban J connectivity index is 2.15. The second kappa shape index (κ2) is 6.49. The normalized spacial score (nSPS) is 10.4. The van der Waals surface area contributed by atoms with Gasteiger partial charge < -0.3 is 10.1 Å². The molecule has 0 bridgehead atoms. The molecule has 0 aliphatic rings. The lowest BCUT2D eigenvalue weighted by molar-refractivity contribution is 0.0517. The molecule has 112 valence electrons. The lowest BCUT2D eigenvalue weighted by Gasteiger charge is -1.99. The Kier molecular flexibility index (Phi) is 4.69. The molecule has 0 aliphatic carbocycles. The van der Waals surface area contributed by atoms with Gasteiger partial charge in [-0.15, -0.1) is 0 Å². The summed E-state index contributed by atoms with van der Waals surface area (Å²) >= 11 is 1.14. The summed E-state index contributed by atoms with van der Waals surface area (Å²) in [5.41, 5.74) is 0.910. The van der Waals surface area contributed by atoms with E-state index in [1.54, 1.807) is 11.6 Å². The predicted octanol–water partition coefficient (Wildman–Crippen LogP) is 1.87. The Morgan fingerprint density at radius 2 is 2.24 bits per heavy atom. The number of aryl methyl sites for hydroxylation is 1. The van der Waals surface area contributed by atoms with E-state index in [0.717, 1.165) is 17.0 Å². The number of ether oxygens (including phenoxy) is 1. The first-order valence-electron chi connectivity index (χ1n) is 6.42. The summed E-state index contributed by atoms with van der Waals surface area (Å²) in [6.45, 7) is 3.81. The Labute approximate surface area is 125 Å². The van der Waals surface area contributed by atoms with E-state index in [-0.39, 0.29) is 18.1 Å². The average Bonchev–Trinajstić information content (AvgIpc) is 3.03. The van der Waals surface area contributed by atoms with Gasteiger partial charge in [-0.2, -0.15) is 5.10 Å². The van der Waals surface area contributed by atoms with E-state index in [1.165, 1.54) is 6.92 Å². The monoisotopic (exact) mass is 308 g/mol. The number of nitrogens with zero attached hydrogens (tertiary/aromatic N) is 3. The minimum Gasteiger partial charge on any atom is -0.461 e. The summed E-state index contributed by atoms with van der Waals surface area (Å²) in [5.74, 6) is -0.786. The summed E-state index contributed by atoms with van der Waals surface area (Å²) in [4.78, 5) is 27.8. The second-order valence-corrected chi connectivity index (χ2v) is 5.31. The van der Waals surface area contributed by atoms with E-state index < -0.39 is 5.97 Å². The minimum atomic E-state index is -0.579. The van der Waals surface area contributed by atoms with Crippen molar-refractivity contribution >= 4 is 28.2 Å². The van der Waals surface area contributed by atoms with E-state index in [4.69, 9.17) is 4.74 Å². The molecule has 21 heavy (non-hydrogen) atoms. The largest absolute Gasteiger partial charge is 0.461 e. The van der Waals surface area contributed by atoms with Gasteiger partial charge in [0.1, 0.15) is 4.88 Å². The third-order valence-electron chi connectivity index (χ3n) is 2.61. The van der Waals surface area contributed by atoms with Crippen LogP contribution in [0.1, 0.15) is 39.7 Å². The third kappa shape index (κ3) is 3.66. The average molecular weight is 308 g/mol. The van der Waals surface area contributed by atoms with Gasteiger partial charge in [0.25, 0.3) is 0 Å². The number of aromatic nitrogens is 3. The number of hydrogen-bond donors (Lipinski definition) is 1. The van der Waals surface area contributed by atoms with Crippen LogP contribution in [-0.2, 0) is 18.3 Å². The standard InChI is InChI=1S/C13H16N4O3S/c1-4-20-12(19)10-11(8(2)18)21-13(15-10)14-7-9-5-6-17(3)16-9/h5-6H,4,7H2,1-3H3,(H,14,15). The van der Waals surface area contributed by atoms with Crippen molar-refractivity contribution in [1.82, 2.24) is 14.8 Å². The first-order valence-corrected chi connectivity index (χ1v) is 7.24. The number of thiazole rings is 1. The van der Waals surface area contributed by atoms with Crippen LogP contribution in [0.15, 0.2) is 12.3 Å². The fourth-order valence-electron chi connectivity index (χ4n) is 1.70. The van der Waals surface area contributed by atoms with Gasteiger partial charge in [-0.05, 0) is 13.0 Å². The molecule has 0 radical (unpaired) electrons. The quantitative estimate of drug-likeness (QED) is 0.647. The van der Waals surface area contributed by atoms with E-state index in [2.05, 4.69) is 15.4 Å². The summed E-state index contributed by atoms with van der Waals surface area (Å²) in [6.07, 6.45) is 1.84. The van der Waals surface area contributed by atoms with Crippen LogP contribution in [0.4, 0.5) is 5.13 Å². The highest BCUT2D eigenvalue weighted by atomic mass is 32.1. The lowest BCUT2D eigenvalue weighted by Crippen LogP contribution is -2.09. The van der Waals surface area contributed by atoms with Crippen LogP contribution >= 0.6 is 11.3 Å². The number of Topliss-reactive ketones (excluding diaryl/α,β-unsaturated/α-hetero) is 1. The molecule has 7 nitrogen and oxygen atoms in total. The van der Waals surface area contributed by atoms with Crippen molar-refractivity contribution in [3.63, 3.8) is 0 Å². The topological polar surface area (TPSA) is 86.1 Å². The van der Waals surface area contributed by atoms with Crippen LogP contribution < -0.4 is 5.32 Å². The highest BCUT2D eigenvalue weighted by Gasteiger charge is 2.22. The molecule has 8 heteroatoms. The molecule has 0 atom stereocenters. The van der Waals surface area contributed by atoms with Crippen LogP contribution in [0, 0.1) is 0 Å². The number of rotatable bonds is 6. The van der Waals surface area contributed by atoms with Crippen molar-refractivity contribution in [2.75, 3.05) is 11.9 Å². The van der Waals surface area contributed by atoms with Gasteiger partial charge in [-0.1, -0.05) is 11.3 Å². The smallest absolute Gasteiger partial charge is 0.358 e. The molecule has 2 rings (SSSR count). The molecule has 0 spiro atoms. The second-order valence-electron chi connectivity index (χ2n) is 4.31. The van der Waals surface area contributed by atoms with Crippen LogP contribution in [-0.4, -0.2) is 33.1 Å². The molecule has 0 saturated carbocycles. The van der Waals surface area contributed by atoms with Gasteiger partial charge >= 0.3 is 5.97 Å². The molecule has 0 unspecified atom stereocenters. The van der Waals surface area contributed by atoms with Crippen LogP contribution in [0.25, 0.3) is 0 Å². The van der Waals surface area contributed by atoms with Crippen molar-refractivity contribution in [2.24, 2.45) is 7.05 Å². The van der Waals surface area contributed by atoms with Gasteiger partial charge in [-0.3, -0.25) is 9.48 Å². The highest BCUT2D eigenvalue weighted by molar-refractivity contribution is 7.17. The van der Waals surface area contributed by atoms with Crippen molar-refractivity contribution in [2.45, 2.75) is 20.4 Å². The fourth-order valence-corrected chi connectivity index (χ4v) is 2.54. The molecule has 2 aromatic rings. The number of nitrogens with one attached hydrogen (secondary N) is 1. The van der Waals surface area contributed by atoms with E-state index in [1.807, 2.05) is 19.3 Å². The first-order chi connectivity index (χ1) is 10.0. The number of carbonyl (C=O) groups is 2. The highest BCUT2D eigenvalue weighted by Crippen LogP contribution is 2.24. The van der Waals surface area contributed by atoms with Crippen molar-refractivity contribution in [1.29, 1.82) is 0 Å². The zero-order valence-corrected chi connectivity index (χ0v) is 12.9. The number of esters is 1.